The van der Waals surface area contributed by atoms with E-state index in [0.717, 1.165) is 11.0 Å². The van der Waals surface area contributed by atoms with Gasteiger partial charge in [-0.25, -0.2) is 0 Å². The van der Waals surface area contributed by atoms with Crippen LogP contribution in [0, 0.1) is 10.1 Å². The third kappa shape index (κ3) is 4.37. The lowest BCUT2D eigenvalue weighted by atomic mass is 10.2. The number of phenols is 1. The van der Waals surface area contributed by atoms with E-state index in [0.29, 0.717) is 5.02 Å². The third-order valence-electron chi connectivity index (χ3n) is 2.65. The van der Waals surface area contributed by atoms with Crippen LogP contribution in [0.2, 0.25) is 5.02 Å². The molecule has 8 heteroatoms. The molecule has 0 aliphatic rings. The van der Waals surface area contributed by atoms with Crippen molar-refractivity contribution in [3.05, 3.63) is 57.6 Å². The second-order valence-electron chi connectivity index (χ2n) is 4.25. The Morgan fingerprint density at radius 2 is 1.95 bits per heavy atom. The molecule has 0 unspecified atom stereocenters. The molecule has 2 N–H and O–H groups in total. The maximum absolute atomic E-state index is 11.8. The number of rotatable bonds is 5. The van der Waals surface area contributed by atoms with Crippen LogP contribution in [0.15, 0.2) is 47.4 Å². The van der Waals surface area contributed by atoms with Gasteiger partial charge in [-0.15, -0.1) is 11.8 Å². The lowest BCUT2D eigenvalue weighted by Gasteiger charge is -2.07. The number of hydrogen-bond donors (Lipinski definition) is 2. The maximum atomic E-state index is 11.8. The first-order chi connectivity index (χ1) is 10.5. The minimum Gasteiger partial charge on any atom is -0.506 e. The molecule has 0 aliphatic carbocycles. The average molecular weight is 339 g/mol. The summed E-state index contributed by atoms with van der Waals surface area (Å²) in [5.74, 6) is -0.541. The molecule has 114 valence electrons. The van der Waals surface area contributed by atoms with E-state index in [1.807, 2.05) is 0 Å². The number of nitro groups is 1. The fourth-order valence-electron chi connectivity index (χ4n) is 1.61. The van der Waals surface area contributed by atoms with Gasteiger partial charge in [-0.3, -0.25) is 14.9 Å². The van der Waals surface area contributed by atoms with E-state index in [9.17, 15) is 20.0 Å². The molecule has 0 saturated heterocycles. The van der Waals surface area contributed by atoms with Gasteiger partial charge in [0.05, 0.1) is 22.4 Å². The Labute approximate surface area is 135 Å². The Balaban J connectivity index is 1.94. The highest BCUT2D eigenvalue weighted by atomic mass is 35.5. The number of nitro benzene ring substituents is 1. The summed E-state index contributed by atoms with van der Waals surface area (Å²) in [6, 6.07) is 10.5. The molecule has 6 nitrogen and oxygen atoms in total. The van der Waals surface area contributed by atoms with Gasteiger partial charge in [-0.2, -0.15) is 0 Å². The van der Waals surface area contributed by atoms with Gasteiger partial charge in [0.1, 0.15) is 5.75 Å². The molecule has 0 atom stereocenters. The quantitative estimate of drug-likeness (QED) is 0.375. The highest BCUT2D eigenvalue weighted by molar-refractivity contribution is 8.00. The lowest BCUT2D eigenvalue weighted by Crippen LogP contribution is -2.14. The lowest BCUT2D eigenvalue weighted by molar-refractivity contribution is -0.384. The predicted molar refractivity (Wildman–Crippen MR) is 85.6 cm³/mol. The Hall–Kier alpha value is -2.25. The summed E-state index contributed by atoms with van der Waals surface area (Å²) in [6.45, 7) is 0. The maximum Gasteiger partial charge on any atom is 0.273 e. The first-order valence-corrected chi connectivity index (χ1v) is 7.47. The van der Waals surface area contributed by atoms with Gasteiger partial charge in [-0.1, -0.05) is 11.6 Å². The summed E-state index contributed by atoms with van der Waals surface area (Å²) in [5.41, 5.74) is -0.113. The molecule has 2 aromatic carbocycles. The van der Waals surface area contributed by atoms with Gasteiger partial charge in [-0.05, 0) is 30.3 Å². The second kappa shape index (κ2) is 7.15. The van der Waals surface area contributed by atoms with Crippen LogP contribution in [0.5, 0.6) is 5.75 Å². The fraction of sp³-hybridized carbons (Fsp3) is 0.0714. The number of aromatic hydroxyl groups is 1. The molecule has 2 aromatic rings. The van der Waals surface area contributed by atoms with Crippen LogP contribution in [0.3, 0.4) is 0 Å². The van der Waals surface area contributed by atoms with Crippen LogP contribution in [0.25, 0.3) is 0 Å². The van der Waals surface area contributed by atoms with E-state index in [2.05, 4.69) is 5.32 Å². The Kier molecular flexibility index (Phi) is 5.24. The zero-order chi connectivity index (χ0) is 16.1. The van der Waals surface area contributed by atoms with E-state index >= 15 is 0 Å². The summed E-state index contributed by atoms with van der Waals surface area (Å²) in [6.07, 6.45) is 0. The van der Waals surface area contributed by atoms with Crippen molar-refractivity contribution in [2.24, 2.45) is 0 Å². The van der Waals surface area contributed by atoms with Crippen molar-refractivity contribution in [1.29, 1.82) is 0 Å². The van der Waals surface area contributed by atoms with Gasteiger partial charge >= 0.3 is 0 Å². The first-order valence-electron chi connectivity index (χ1n) is 6.11. The topological polar surface area (TPSA) is 92.5 Å². The van der Waals surface area contributed by atoms with Crippen LogP contribution < -0.4 is 5.32 Å². The average Bonchev–Trinajstić information content (AvgIpc) is 2.48. The summed E-state index contributed by atoms with van der Waals surface area (Å²) < 4.78 is 0. The van der Waals surface area contributed by atoms with Gasteiger partial charge in [0.15, 0.2) is 0 Å². The highest BCUT2D eigenvalue weighted by Crippen LogP contribution is 2.28. The number of nitrogens with one attached hydrogen (secondary N) is 1. The summed E-state index contributed by atoms with van der Waals surface area (Å²) in [4.78, 5) is 22.6. The van der Waals surface area contributed by atoms with E-state index < -0.39 is 4.92 Å². The molecule has 2 rings (SSSR count). The zero-order valence-corrected chi connectivity index (χ0v) is 12.7. The van der Waals surface area contributed by atoms with Crippen LogP contribution >= 0.6 is 23.4 Å². The Bertz CT molecular complexity index is 706. The monoisotopic (exact) mass is 338 g/mol. The molecular weight excluding hydrogens is 328 g/mol. The standard InChI is InChI=1S/C14H11ClN2O4S/c15-9-1-4-11(5-2-9)22-8-14(19)16-12-6-3-10(17(20)21)7-13(12)18/h1-7,18H,8H2,(H,16,19). The van der Waals surface area contributed by atoms with Crippen LogP contribution in [-0.2, 0) is 4.79 Å². The Morgan fingerprint density at radius 1 is 1.27 bits per heavy atom. The minimum absolute atomic E-state index is 0.132. The highest BCUT2D eigenvalue weighted by Gasteiger charge is 2.12. The van der Waals surface area contributed by atoms with Crippen molar-refractivity contribution in [1.82, 2.24) is 0 Å². The van der Waals surface area contributed by atoms with Crippen molar-refractivity contribution < 1.29 is 14.8 Å². The third-order valence-corrected chi connectivity index (χ3v) is 3.91. The van der Waals surface area contributed by atoms with E-state index in [1.54, 1.807) is 24.3 Å². The SMILES string of the molecule is O=C(CSc1ccc(Cl)cc1)Nc1ccc([N+](=O)[O-])cc1O. The number of hydrogen-bond acceptors (Lipinski definition) is 5. The largest absolute Gasteiger partial charge is 0.506 e. The predicted octanol–water partition coefficient (Wildman–Crippen LogP) is 3.68. The van der Waals surface area contributed by atoms with Gasteiger partial charge < -0.3 is 10.4 Å². The second-order valence-corrected chi connectivity index (χ2v) is 5.73. The van der Waals surface area contributed by atoms with Gasteiger partial charge in [0, 0.05) is 16.0 Å². The van der Waals surface area contributed by atoms with Crippen LogP contribution in [-0.4, -0.2) is 21.7 Å². The Morgan fingerprint density at radius 3 is 2.55 bits per heavy atom. The number of halogens is 1. The van der Waals surface area contributed by atoms with Crippen molar-refractivity contribution in [2.75, 3.05) is 11.1 Å². The van der Waals surface area contributed by atoms with Crippen molar-refractivity contribution >= 4 is 40.6 Å². The molecule has 0 aliphatic heterocycles. The molecule has 0 aromatic heterocycles. The minimum atomic E-state index is -0.623. The van der Waals surface area contributed by atoms with Gasteiger partial charge in [0.2, 0.25) is 5.91 Å². The summed E-state index contributed by atoms with van der Waals surface area (Å²) >= 11 is 7.08. The van der Waals surface area contributed by atoms with Crippen LogP contribution in [0.1, 0.15) is 0 Å². The number of non-ortho nitro benzene ring substituents is 1. The van der Waals surface area contributed by atoms with Crippen molar-refractivity contribution in [2.45, 2.75) is 4.90 Å². The summed E-state index contributed by atoms with van der Waals surface area (Å²) in [7, 11) is 0. The van der Waals surface area contributed by atoms with Crippen molar-refractivity contribution in [3.8, 4) is 5.75 Å². The molecule has 0 radical (unpaired) electrons. The smallest absolute Gasteiger partial charge is 0.273 e. The molecule has 0 bridgehead atoms. The number of nitrogens with zero attached hydrogens (tertiary/aromatic N) is 1. The molecule has 0 heterocycles. The number of thioether (sulfide) groups is 1. The normalized spacial score (nSPS) is 10.2. The summed E-state index contributed by atoms with van der Waals surface area (Å²) in [5, 5.41) is 23.3. The molecule has 0 saturated carbocycles. The van der Waals surface area contributed by atoms with E-state index in [1.165, 1.54) is 23.9 Å². The number of carbonyl (C=O) groups excluding carboxylic acids is 1. The van der Waals surface area contributed by atoms with Gasteiger partial charge in [0.25, 0.3) is 5.69 Å². The zero-order valence-electron chi connectivity index (χ0n) is 11.2. The number of amides is 1. The number of anilines is 1. The van der Waals surface area contributed by atoms with Crippen molar-refractivity contribution in [3.63, 3.8) is 0 Å². The van der Waals surface area contributed by atoms with E-state index in [4.69, 9.17) is 11.6 Å². The molecule has 22 heavy (non-hydrogen) atoms. The first kappa shape index (κ1) is 16.1. The van der Waals surface area contributed by atoms with Crippen LogP contribution in [0.4, 0.5) is 11.4 Å². The number of phenolic OH excluding ortho intramolecular Hbond substituents is 1. The molecular formula is C14H11ClN2O4S. The fourth-order valence-corrected chi connectivity index (χ4v) is 2.43. The molecule has 0 fully saturated rings. The number of benzene rings is 2. The van der Waals surface area contributed by atoms with E-state index in [-0.39, 0.29) is 28.8 Å². The molecule has 1 amide bonds. The number of carbonyl (C=O) groups is 1. The molecule has 0 spiro atoms.